The maximum atomic E-state index is 10.2. The highest BCUT2D eigenvalue weighted by atomic mass is 16.6. The van der Waals surface area contributed by atoms with Gasteiger partial charge in [0.1, 0.15) is 23.8 Å². The van der Waals surface area contributed by atoms with Gasteiger partial charge in [-0.1, -0.05) is 11.6 Å². The number of nitrogens with one attached hydrogen (secondary N) is 1. The normalized spacial score (nSPS) is 27.2. The van der Waals surface area contributed by atoms with Crippen molar-refractivity contribution in [1.29, 1.82) is 0 Å². The highest BCUT2D eigenvalue weighted by molar-refractivity contribution is 5.85. The molecule has 1 unspecified atom stereocenters. The molecule has 1 aliphatic heterocycles. The Morgan fingerprint density at radius 2 is 2.16 bits per heavy atom. The van der Waals surface area contributed by atoms with Crippen molar-refractivity contribution in [3.63, 3.8) is 0 Å². The van der Waals surface area contributed by atoms with Crippen LogP contribution >= 0.6 is 0 Å². The van der Waals surface area contributed by atoms with E-state index in [1.54, 1.807) is 4.57 Å². The Labute approximate surface area is 143 Å². The van der Waals surface area contributed by atoms with Gasteiger partial charge in [0, 0.05) is 6.54 Å². The van der Waals surface area contributed by atoms with Gasteiger partial charge >= 0.3 is 0 Å². The summed E-state index contributed by atoms with van der Waals surface area (Å²) in [4.78, 5) is 4.28. The molecule has 2 aromatic heterocycles. The number of imidazole rings is 1. The smallest absolute Gasteiger partial charge is 0.177 e. The van der Waals surface area contributed by atoms with E-state index in [0.29, 0.717) is 23.4 Å². The zero-order valence-corrected chi connectivity index (χ0v) is 13.6. The number of hydrogen-bond acceptors (Lipinski definition) is 9. The minimum Gasteiger partial charge on any atom is -0.394 e. The van der Waals surface area contributed by atoms with Crippen LogP contribution in [-0.2, 0) is 4.74 Å². The van der Waals surface area contributed by atoms with Crippen LogP contribution in [0.5, 0.6) is 0 Å². The number of ether oxygens (including phenoxy) is 1. The molecule has 1 saturated heterocycles. The average Bonchev–Trinajstić information content (AvgIpc) is 3.17. The predicted molar refractivity (Wildman–Crippen MR) is 87.7 cm³/mol. The molecule has 2 aromatic rings. The Morgan fingerprint density at radius 3 is 2.84 bits per heavy atom. The molecule has 0 amide bonds. The fourth-order valence-corrected chi connectivity index (χ4v) is 2.69. The molecular formula is C15H21N5O5. The van der Waals surface area contributed by atoms with E-state index in [9.17, 15) is 15.3 Å². The number of rotatable bonds is 6. The molecule has 5 N–H and O–H groups in total. The first-order valence-corrected chi connectivity index (χ1v) is 7.87. The third kappa shape index (κ3) is 3.34. The van der Waals surface area contributed by atoms with Gasteiger partial charge in [0.05, 0.1) is 31.3 Å². The molecule has 136 valence electrons. The molecule has 3 heterocycles. The Kier molecular flexibility index (Phi) is 5.25. The van der Waals surface area contributed by atoms with Gasteiger partial charge in [-0.05, 0) is 6.92 Å². The number of anilines is 1. The lowest BCUT2D eigenvalue weighted by molar-refractivity contribution is -0.0509. The van der Waals surface area contributed by atoms with Crippen LogP contribution < -0.4 is 5.32 Å². The molecule has 10 nitrogen and oxygen atoms in total. The van der Waals surface area contributed by atoms with Gasteiger partial charge < -0.3 is 30.5 Å². The molecular weight excluding hydrogens is 330 g/mol. The first kappa shape index (κ1) is 17.7. The van der Waals surface area contributed by atoms with Crippen LogP contribution in [0.3, 0.4) is 0 Å². The summed E-state index contributed by atoms with van der Waals surface area (Å²) < 4.78 is 7.07. The summed E-state index contributed by atoms with van der Waals surface area (Å²) in [5, 5.41) is 49.3. The van der Waals surface area contributed by atoms with Crippen molar-refractivity contribution in [2.75, 3.05) is 25.1 Å². The Balaban J connectivity index is 1.86. The van der Waals surface area contributed by atoms with Gasteiger partial charge in [-0.3, -0.25) is 4.57 Å². The molecule has 3 rings (SSSR count). The summed E-state index contributed by atoms with van der Waals surface area (Å²) in [6.07, 6.45) is 0.637. The predicted octanol–water partition coefficient (Wildman–Crippen LogP) is -1.21. The van der Waals surface area contributed by atoms with E-state index < -0.39 is 31.1 Å². The maximum absolute atomic E-state index is 10.2. The maximum Gasteiger partial charge on any atom is 0.177 e. The Bertz CT molecular complexity index is 764. The van der Waals surface area contributed by atoms with Crippen molar-refractivity contribution >= 4 is 16.9 Å². The SMILES string of the molecule is C/C(=C\CNc1nncc2c1ncn2[C@@H]1O[C@H](CO)C(O)[C@@H]1O)CO. The quantitative estimate of drug-likeness (QED) is 0.404. The first-order valence-electron chi connectivity index (χ1n) is 7.87. The topological polar surface area (TPSA) is 146 Å². The van der Waals surface area contributed by atoms with Crippen molar-refractivity contribution in [3.05, 3.63) is 24.2 Å². The second-order valence-electron chi connectivity index (χ2n) is 5.90. The number of aliphatic hydroxyl groups is 4. The number of hydrogen-bond donors (Lipinski definition) is 5. The third-order valence-corrected chi connectivity index (χ3v) is 4.15. The highest BCUT2D eigenvalue weighted by Gasteiger charge is 2.43. The molecule has 10 heteroatoms. The summed E-state index contributed by atoms with van der Waals surface area (Å²) in [5.41, 5.74) is 1.92. The van der Waals surface area contributed by atoms with Gasteiger partial charge in [0.25, 0.3) is 0 Å². The zero-order valence-electron chi connectivity index (χ0n) is 13.6. The molecule has 1 fully saturated rings. The van der Waals surface area contributed by atoms with Gasteiger partial charge in [-0.2, -0.15) is 5.10 Å². The minimum absolute atomic E-state index is 0.0164. The van der Waals surface area contributed by atoms with Crippen LogP contribution in [0.25, 0.3) is 11.0 Å². The molecule has 0 radical (unpaired) electrons. The third-order valence-electron chi connectivity index (χ3n) is 4.15. The fraction of sp³-hybridized carbons (Fsp3) is 0.533. The van der Waals surface area contributed by atoms with E-state index in [-0.39, 0.29) is 6.61 Å². The van der Waals surface area contributed by atoms with Crippen LogP contribution in [0, 0.1) is 0 Å². The summed E-state index contributed by atoms with van der Waals surface area (Å²) >= 11 is 0. The van der Waals surface area contributed by atoms with E-state index in [4.69, 9.17) is 9.84 Å². The van der Waals surface area contributed by atoms with E-state index in [1.165, 1.54) is 12.5 Å². The van der Waals surface area contributed by atoms with Crippen LogP contribution in [-0.4, -0.2) is 78.2 Å². The molecule has 25 heavy (non-hydrogen) atoms. The van der Waals surface area contributed by atoms with Crippen LogP contribution in [0.15, 0.2) is 24.2 Å². The second-order valence-corrected chi connectivity index (χ2v) is 5.90. The molecule has 0 aliphatic carbocycles. The lowest BCUT2D eigenvalue weighted by Gasteiger charge is -2.16. The zero-order chi connectivity index (χ0) is 18.0. The molecule has 1 aliphatic rings. The van der Waals surface area contributed by atoms with Crippen LogP contribution in [0.2, 0.25) is 0 Å². The lowest BCUT2D eigenvalue weighted by Crippen LogP contribution is -2.33. The monoisotopic (exact) mass is 351 g/mol. The molecule has 0 bridgehead atoms. The van der Waals surface area contributed by atoms with E-state index in [1.807, 2.05) is 13.0 Å². The number of aliphatic hydroxyl groups excluding tert-OH is 4. The van der Waals surface area contributed by atoms with Crippen molar-refractivity contribution in [2.24, 2.45) is 0 Å². The lowest BCUT2D eigenvalue weighted by atomic mass is 10.1. The summed E-state index contributed by atoms with van der Waals surface area (Å²) in [6, 6.07) is 0. The molecule has 0 spiro atoms. The first-order chi connectivity index (χ1) is 12.1. The second kappa shape index (κ2) is 7.42. The van der Waals surface area contributed by atoms with E-state index >= 15 is 0 Å². The van der Waals surface area contributed by atoms with E-state index in [0.717, 1.165) is 5.57 Å². The van der Waals surface area contributed by atoms with E-state index in [2.05, 4.69) is 20.5 Å². The largest absolute Gasteiger partial charge is 0.394 e. The fourth-order valence-electron chi connectivity index (χ4n) is 2.69. The van der Waals surface area contributed by atoms with Gasteiger partial charge in [0.15, 0.2) is 12.0 Å². The van der Waals surface area contributed by atoms with Crippen LogP contribution in [0.4, 0.5) is 5.82 Å². The standard InChI is InChI=1S/C15H21N5O5/c1-8(5-21)2-3-16-14-11-9(4-18-19-14)20(7-17-11)15-13(24)12(23)10(6-22)25-15/h2,4,7,10,12-13,15,21-24H,3,5-6H2,1H3,(H,16,19)/b8-2+/t10-,12?,13+,15-/m1/s1. The number of fused-ring (bicyclic) bond motifs is 1. The molecule has 0 saturated carbocycles. The van der Waals surface area contributed by atoms with Gasteiger partial charge in [0.2, 0.25) is 0 Å². The summed E-state index contributed by atoms with van der Waals surface area (Å²) in [7, 11) is 0. The van der Waals surface area contributed by atoms with Gasteiger partial charge in [-0.25, -0.2) is 4.98 Å². The van der Waals surface area contributed by atoms with Crippen molar-refractivity contribution in [2.45, 2.75) is 31.5 Å². The molecule has 0 aromatic carbocycles. The van der Waals surface area contributed by atoms with Crippen molar-refractivity contribution < 1.29 is 25.2 Å². The van der Waals surface area contributed by atoms with Crippen molar-refractivity contribution in [1.82, 2.24) is 19.7 Å². The van der Waals surface area contributed by atoms with Gasteiger partial charge in [-0.15, -0.1) is 5.10 Å². The number of aromatic nitrogens is 4. The summed E-state index contributed by atoms with van der Waals surface area (Å²) in [6.45, 7) is 1.84. The van der Waals surface area contributed by atoms with Crippen molar-refractivity contribution in [3.8, 4) is 0 Å². The number of nitrogens with zero attached hydrogens (tertiary/aromatic N) is 4. The van der Waals surface area contributed by atoms with Crippen LogP contribution in [0.1, 0.15) is 13.2 Å². The molecule has 4 atom stereocenters. The average molecular weight is 351 g/mol. The summed E-state index contributed by atoms with van der Waals surface area (Å²) in [5.74, 6) is 0.449. The Hall–Kier alpha value is -2.11. The highest BCUT2D eigenvalue weighted by Crippen LogP contribution is 2.32. The Morgan fingerprint density at radius 1 is 1.36 bits per heavy atom. The minimum atomic E-state index is -1.20.